The Kier molecular flexibility index (Phi) is 4.82. The minimum absolute atomic E-state index is 0.00660. The lowest BCUT2D eigenvalue weighted by molar-refractivity contribution is -0.134. The van der Waals surface area contributed by atoms with Crippen molar-refractivity contribution < 1.29 is 26.4 Å². The number of nitrogens with one attached hydrogen (secondary N) is 1. The van der Waals surface area contributed by atoms with Crippen molar-refractivity contribution in [2.45, 2.75) is 44.3 Å². The predicted molar refractivity (Wildman–Crippen MR) is 69.9 cm³/mol. The largest absolute Gasteiger partial charge is 0.389 e. The Labute approximate surface area is 121 Å². The van der Waals surface area contributed by atoms with Gasteiger partial charge in [-0.2, -0.15) is 13.2 Å². The summed E-state index contributed by atoms with van der Waals surface area (Å²) < 4.78 is 61.7. The van der Waals surface area contributed by atoms with Gasteiger partial charge in [0.05, 0.1) is 5.75 Å². The van der Waals surface area contributed by atoms with Crippen molar-refractivity contribution in [3.63, 3.8) is 0 Å². The zero-order valence-electron chi connectivity index (χ0n) is 11.5. The number of halogens is 3. The van der Waals surface area contributed by atoms with Gasteiger partial charge in [-0.1, -0.05) is 0 Å². The topological polar surface area (TPSA) is 66.5 Å². The zero-order valence-corrected chi connectivity index (χ0v) is 12.3. The zero-order chi connectivity index (χ0) is 15.7. The van der Waals surface area contributed by atoms with Crippen molar-refractivity contribution in [1.29, 1.82) is 0 Å². The second kappa shape index (κ2) is 6.12. The number of amides is 1. The molecular formula is C12H19F3N2O3S. The molecule has 0 aromatic heterocycles. The first kappa shape index (κ1) is 16.5. The molecule has 0 spiro atoms. The number of piperidine rings is 2. The molecule has 0 radical (unpaired) electrons. The molecule has 0 bridgehead atoms. The second-order valence-electron chi connectivity index (χ2n) is 5.65. The molecule has 1 amide bonds. The number of carbonyl (C=O) groups is 1. The Balaban J connectivity index is 1.88. The fraction of sp³-hybridized carbons (Fsp3) is 0.917. The molecule has 2 atom stereocenters. The highest BCUT2D eigenvalue weighted by atomic mass is 32.2. The molecule has 2 aliphatic rings. The third kappa shape index (κ3) is 4.57. The quantitative estimate of drug-likeness (QED) is 0.845. The molecule has 2 saturated heterocycles. The highest BCUT2D eigenvalue weighted by Gasteiger charge is 2.38. The summed E-state index contributed by atoms with van der Waals surface area (Å²) in [4.78, 5) is 11.3. The number of hydrogen-bond donors (Lipinski definition) is 1. The van der Waals surface area contributed by atoms with Crippen LogP contribution in [0.4, 0.5) is 13.2 Å². The van der Waals surface area contributed by atoms with Gasteiger partial charge in [-0.15, -0.1) is 0 Å². The fourth-order valence-electron chi connectivity index (χ4n) is 2.91. The highest BCUT2D eigenvalue weighted by Crippen LogP contribution is 2.28. The summed E-state index contributed by atoms with van der Waals surface area (Å²) in [5.74, 6) is -0.428. The van der Waals surface area contributed by atoms with E-state index in [0.29, 0.717) is 25.8 Å². The summed E-state index contributed by atoms with van der Waals surface area (Å²) >= 11 is 0. The summed E-state index contributed by atoms with van der Waals surface area (Å²) in [6.07, 6.45) is -4.28. The monoisotopic (exact) mass is 328 g/mol. The first-order chi connectivity index (χ1) is 9.67. The fourth-order valence-corrected chi connectivity index (χ4v) is 4.48. The van der Waals surface area contributed by atoms with Crippen LogP contribution in [0.15, 0.2) is 0 Å². The molecular weight excluding hydrogens is 309 g/mol. The molecule has 2 rings (SSSR count). The highest BCUT2D eigenvalue weighted by molar-refractivity contribution is 7.89. The lowest BCUT2D eigenvalue weighted by Crippen LogP contribution is -2.55. The first-order valence-electron chi connectivity index (χ1n) is 7.01. The Morgan fingerprint density at radius 1 is 1.29 bits per heavy atom. The summed E-state index contributed by atoms with van der Waals surface area (Å²) in [5.41, 5.74) is 0. The number of hydrogen-bond acceptors (Lipinski definition) is 3. The van der Waals surface area contributed by atoms with Gasteiger partial charge in [0.1, 0.15) is 0 Å². The van der Waals surface area contributed by atoms with Crippen molar-refractivity contribution in [1.82, 2.24) is 9.62 Å². The van der Waals surface area contributed by atoms with E-state index >= 15 is 0 Å². The molecule has 9 heteroatoms. The normalized spacial score (nSPS) is 28.0. The third-order valence-electron chi connectivity index (χ3n) is 4.04. The summed E-state index contributed by atoms with van der Waals surface area (Å²) in [7, 11) is -3.65. The lowest BCUT2D eigenvalue weighted by atomic mass is 9.86. The molecule has 2 unspecified atom stereocenters. The van der Waals surface area contributed by atoms with Gasteiger partial charge in [-0.05, 0) is 25.2 Å². The number of fused-ring (bicyclic) bond motifs is 1. The lowest BCUT2D eigenvalue weighted by Gasteiger charge is -2.40. The van der Waals surface area contributed by atoms with Crippen LogP contribution in [0, 0.1) is 5.92 Å². The van der Waals surface area contributed by atoms with E-state index in [2.05, 4.69) is 5.32 Å². The van der Waals surface area contributed by atoms with Crippen LogP contribution >= 0.6 is 0 Å². The van der Waals surface area contributed by atoms with Crippen molar-refractivity contribution in [3.05, 3.63) is 0 Å². The number of sulfonamides is 1. The van der Waals surface area contributed by atoms with Gasteiger partial charge < -0.3 is 5.32 Å². The average Bonchev–Trinajstić information content (AvgIpc) is 2.36. The molecule has 122 valence electrons. The van der Waals surface area contributed by atoms with Gasteiger partial charge in [0.25, 0.3) is 0 Å². The van der Waals surface area contributed by atoms with Gasteiger partial charge in [0.2, 0.25) is 15.9 Å². The molecule has 5 nitrogen and oxygen atoms in total. The number of rotatable bonds is 4. The minimum Gasteiger partial charge on any atom is -0.353 e. The van der Waals surface area contributed by atoms with E-state index in [0.717, 1.165) is 0 Å². The molecule has 2 fully saturated rings. The Morgan fingerprint density at radius 3 is 2.67 bits per heavy atom. The van der Waals surface area contributed by atoms with E-state index in [1.54, 1.807) is 0 Å². The Morgan fingerprint density at radius 2 is 2.00 bits per heavy atom. The second-order valence-corrected chi connectivity index (χ2v) is 7.74. The maximum Gasteiger partial charge on any atom is 0.389 e. The van der Waals surface area contributed by atoms with Crippen LogP contribution < -0.4 is 5.32 Å². The SMILES string of the molecule is O=C1CCC2CN(S(=O)(=O)CCCC(F)(F)F)CCC2N1. The Hall–Kier alpha value is -0.830. The number of alkyl halides is 3. The molecule has 0 aliphatic carbocycles. The van der Waals surface area contributed by atoms with Crippen LogP contribution in [0.3, 0.4) is 0 Å². The van der Waals surface area contributed by atoms with E-state index in [-0.39, 0.29) is 24.4 Å². The van der Waals surface area contributed by atoms with E-state index in [1.807, 2.05) is 0 Å². The summed E-state index contributed by atoms with van der Waals surface area (Å²) in [5, 5.41) is 2.84. The standard InChI is InChI=1S/C12H19F3N2O3S/c13-12(14,15)5-1-7-21(19,20)17-6-4-10-9(8-17)2-3-11(18)16-10/h9-10H,1-8H2,(H,16,18). The van der Waals surface area contributed by atoms with Gasteiger partial charge in [-0.3, -0.25) is 4.79 Å². The van der Waals surface area contributed by atoms with E-state index in [4.69, 9.17) is 0 Å². The van der Waals surface area contributed by atoms with Gasteiger partial charge in [0.15, 0.2) is 0 Å². The first-order valence-corrected chi connectivity index (χ1v) is 8.62. The van der Waals surface area contributed by atoms with Crippen molar-refractivity contribution in [2.24, 2.45) is 5.92 Å². The van der Waals surface area contributed by atoms with Crippen molar-refractivity contribution >= 4 is 15.9 Å². The molecule has 2 aliphatic heterocycles. The molecule has 0 saturated carbocycles. The molecule has 2 heterocycles. The maximum absolute atomic E-state index is 12.1. The van der Waals surface area contributed by atoms with E-state index < -0.39 is 34.8 Å². The summed E-state index contributed by atoms with van der Waals surface area (Å²) in [6.45, 7) is 0.551. The molecule has 1 N–H and O–H groups in total. The maximum atomic E-state index is 12.1. The van der Waals surface area contributed by atoms with Crippen LogP contribution in [0.2, 0.25) is 0 Å². The van der Waals surface area contributed by atoms with Crippen LogP contribution in [-0.4, -0.2) is 49.7 Å². The van der Waals surface area contributed by atoms with E-state index in [1.165, 1.54) is 4.31 Å². The predicted octanol–water partition coefficient (Wildman–Crippen LogP) is 1.26. The number of carbonyl (C=O) groups excluding carboxylic acids is 1. The molecule has 0 aromatic rings. The van der Waals surface area contributed by atoms with Crippen molar-refractivity contribution in [2.75, 3.05) is 18.8 Å². The van der Waals surface area contributed by atoms with E-state index in [9.17, 15) is 26.4 Å². The Bertz CT molecular complexity index is 492. The molecule has 21 heavy (non-hydrogen) atoms. The van der Waals surface area contributed by atoms with Crippen LogP contribution in [0.25, 0.3) is 0 Å². The molecule has 0 aromatic carbocycles. The number of nitrogens with zero attached hydrogens (tertiary/aromatic N) is 1. The summed E-state index contributed by atoms with van der Waals surface area (Å²) in [6, 6.07) is -0.00660. The van der Waals surface area contributed by atoms with Crippen LogP contribution in [0.5, 0.6) is 0 Å². The minimum atomic E-state index is -4.32. The van der Waals surface area contributed by atoms with Crippen LogP contribution in [-0.2, 0) is 14.8 Å². The third-order valence-corrected chi connectivity index (χ3v) is 5.96. The van der Waals surface area contributed by atoms with Gasteiger partial charge >= 0.3 is 6.18 Å². The van der Waals surface area contributed by atoms with Crippen LogP contribution in [0.1, 0.15) is 32.1 Å². The van der Waals surface area contributed by atoms with Gasteiger partial charge in [-0.25, -0.2) is 12.7 Å². The average molecular weight is 328 g/mol. The smallest absolute Gasteiger partial charge is 0.353 e. The van der Waals surface area contributed by atoms with Crippen molar-refractivity contribution in [3.8, 4) is 0 Å². The van der Waals surface area contributed by atoms with Gasteiger partial charge in [0, 0.05) is 32.0 Å².